The maximum absolute atomic E-state index is 12.1. The first kappa shape index (κ1) is 20.7. The number of nitrogens with one attached hydrogen (secondary N) is 3. The number of halogens is 1. The number of nitrogens with zero attached hydrogens (tertiary/aromatic N) is 1. The van der Waals surface area contributed by atoms with Gasteiger partial charge < -0.3 is 16.0 Å². The van der Waals surface area contributed by atoms with Gasteiger partial charge in [0, 0.05) is 54.1 Å². The third-order valence-electron chi connectivity index (χ3n) is 3.68. The van der Waals surface area contributed by atoms with Crippen molar-refractivity contribution in [3.8, 4) is 11.3 Å². The quantitative estimate of drug-likeness (QED) is 0.702. The van der Waals surface area contributed by atoms with E-state index >= 15 is 0 Å². The lowest BCUT2D eigenvalue weighted by Crippen LogP contribution is -2.39. The minimum atomic E-state index is -0.0998. The Morgan fingerprint density at radius 3 is 2.69 bits per heavy atom. The molecule has 0 spiro atoms. The van der Waals surface area contributed by atoms with Crippen LogP contribution in [0.5, 0.6) is 0 Å². The summed E-state index contributed by atoms with van der Waals surface area (Å²) >= 11 is 3.29. The zero-order chi connectivity index (χ0) is 17.6. The molecule has 1 aliphatic heterocycles. The summed E-state index contributed by atoms with van der Waals surface area (Å²) in [5.41, 5.74) is 2.50. The standard InChI is InChI=1S/C17H20N4O2S2.ClH/c1-11(22)19-13-4-2-12(3-5-13)15-10-25-17(20-15)21-16(23)8-14-9-24-7-6-18-14;/h2-5,10,14,18H,6-9H2,1H3,(H,19,22)(H,20,21,23);1H. The second-order valence-corrected chi connectivity index (χ2v) is 7.78. The molecule has 2 amide bonds. The summed E-state index contributed by atoms with van der Waals surface area (Å²) in [5.74, 6) is 1.96. The molecule has 1 saturated heterocycles. The number of hydrogen-bond acceptors (Lipinski definition) is 6. The van der Waals surface area contributed by atoms with Crippen molar-refractivity contribution in [2.45, 2.75) is 19.4 Å². The van der Waals surface area contributed by atoms with E-state index in [2.05, 4.69) is 20.9 Å². The van der Waals surface area contributed by atoms with Crippen LogP contribution in [0.4, 0.5) is 10.8 Å². The Hall–Kier alpha value is -1.61. The van der Waals surface area contributed by atoms with Crippen molar-refractivity contribution in [3.63, 3.8) is 0 Å². The van der Waals surface area contributed by atoms with E-state index in [1.54, 1.807) is 0 Å². The predicted octanol–water partition coefficient (Wildman–Crippen LogP) is 3.22. The molecule has 1 aromatic carbocycles. The van der Waals surface area contributed by atoms with Crippen LogP contribution < -0.4 is 16.0 Å². The number of anilines is 2. The Kier molecular flexibility index (Phi) is 7.89. The lowest BCUT2D eigenvalue weighted by molar-refractivity contribution is -0.116. The zero-order valence-electron chi connectivity index (χ0n) is 14.3. The minimum absolute atomic E-state index is 0. The van der Waals surface area contributed by atoms with Gasteiger partial charge in [-0.15, -0.1) is 23.7 Å². The Bertz CT molecular complexity index is 745. The highest BCUT2D eigenvalue weighted by molar-refractivity contribution is 7.99. The molecular weight excluding hydrogens is 392 g/mol. The summed E-state index contributed by atoms with van der Waals surface area (Å²) in [6.07, 6.45) is 0.466. The molecule has 0 radical (unpaired) electrons. The van der Waals surface area contributed by atoms with Gasteiger partial charge in [-0.05, 0) is 12.1 Å². The highest BCUT2D eigenvalue weighted by Gasteiger charge is 2.17. The molecule has 1 unspecified atom stereocenters. The summed E-state index contributed by atoms with van der Waals surface area (Å²) in [4.78, 5) is 27.7. The second-order valence-electron chi connectivity index (χ2n) is 5.77. The fourth-order valence-corrected chi connectivity index (χ4v) is 4.22. The molecule has 26 heavy (non-hydrogen) atoms. The van der Waals surface area contributed by atoms with Gasteiger partial charge in [-0.1, -0.05) is 12.1 Å². The highest BCUT2D eigenvalue weighted by Crippen LogP contribution is 2.26. The van der Waals surface area contributed by atoms with E-state index in [1.807, 2.05) is 41.4 Å². The van der Waals surface area contributed by atoms with Gasteiger partial charge in [0.25, 0.3) is 0 Å². The van der Waals surface area contributed by atoms with Crippen molar-refractivity contribution in [2.24, 2.45) is 0 Å². The molecule has 1 aromatic heterocycles. The molecule has 140 valence electrons. The monoisotopic (exact) mass is 412 g/mol. The second kappa shape index (κ2) is 9.91. The fourth-order valence-electron chi connectivity index (χ4n) is 2.54. The molecule has 6 nitrogen and oxygen atoms in total. The molecule has 0 saturated carbocycles. The van der Waals surface area contributed by atoms with Crippen LogP contribution in [0.1, 0.15) is 13.3 Å². The van der Waals surface area contributed by atoms with Crippen LogP contribution in [0, 0.1) is 0 Å². The van der Waals surface area contributed by atoms with Crippen LogP contribution >= 0.6 is 35.5 Å². The first-order chi connectivity index (χ1) is 12.1. The lowest BCUT2D eigenvalue weighted by atomic mass is 10.1. The largest absolute Gasteiger partial charge is 0.326 e. The topological polar surface area (TPSA) is 83.1 Å². The Labute approximate surface area is 167 Å². The molecule has 1 atom stereocenters. The van der Waals surface area contributed by atoms with Gasteiger partial charge >= 0.3 is 0 Å². The van der Waals surface area contributed by atoms with Crippen molar-refractivity contribution in [2.75, 3.05) is 28.7 Å². The Morgan fingerprint density at radius 2 is 2.04 bits per heavy atom. The molecule has 3 N–H and O–H groups in total. The first-order valence-corrected chi connectivity index (χ1v) is 10.1. The lowest BCUT2D eigenvalue weighted by Gasteiger charge is -2.22. The highest BCUT2D eigenvalue weighted by atomic mass is 35.5. The van der Waals surface area contributed by atoms with Crippen molar-refractivity contribution in [3.05, 3.63) is 29.6 Å². The normalized spacial score (nSPS) is 16.4. The van der Waals surface area contributed by atoms with Gasteiger partial charge in [0.05, 0.1) is 5.69 Å². The van der Waals surface area contributed by atoms with Crippen LogP contribution in [0.2, 0.25) is 0 Å². The van der Waals surface area contributed by atoms with Crippen molar-refractivity contribution >= 4 is 58.1 Å². The fraction of sp³-hybridized carbons (Fsp3) is 0.353. The molecule has 1 aliphatic rings. The van der Waals surface area contributed by atoms with Crippen LogP contribution in [0.25, 0.3) is 11.3 Å². The molecule has 2 aromatic rings. The number of aromatic nitrogens is 1. The summed E-state index contributed by atoms with van der Waals surface area (Å²) in [6, 6.07) is 7.70. The van der Waals surface area contributed by atoms with Crippen molar-refractivity contribution in [1.29, 1.82) is 0 Å². The Morgan fingerprint density at radius 1 is 1.27 bits per heavy atom. The van der Waals surface area contributed by atoms with Crippen LogP contribution in [0.15, 0.2) is 29.6 Å². The number of thiazole rings is 1. The van der Waals surface area contributed by atoms with E-state index in [4.69, 9.17) is 0 Å². The van der Waals surface area contributed by atoms with Gasteiger partial charge in [-0.2, -0.15) is 11.8 Å². The number of amides is 2. The van der Waals surface area contributed by atoms with E-state index in [-0.39, 0.29) is 30.3 Å². The molecule has 0 bridgehead atoms. The smallest absolute Gasteiger partial charge is 0.227 e. The van der Waals surface area contributed by atoms with E-state index in [0.29, 0.717) is 11.6 Å². The van der Waals surface area contributed by atoms with Crippen LogP contribution in [-0.4, -0.2) is 40.9 Å². The number of thioether (sulfide) groups is 1. The van der Waals surface area contributed by atoms with Crippen molar-refractivity contribution < 1.29 is 9.59 Å². The maximum Gasteiger partial charge on any atom is 0.227 e. The first-order valence-electron chi connectivity index (χ1n) is 8.04. The van der Waals surface area contributed by atoms with E-state index in [1.165, 1.54) is 18.3 Å². The number of benzene rings is 1. The maximum atomic E-state index is 12.1. The van der Waals surface area contributed by atoms with Gasteiger partial charge in [0.1, 0.15) is 0 Å². The predicted molar refractivity (Wildman–Crippen MR) is 111 cm³/mol. The number of carbonyl (C=O) groups excluding carboxylic acids is 2. The Balaban J connectivity index is 0.00000243. The van der Waals surface area contributed by atoms with Crippen LogP contribution in [-0.2, 0) is 9.59 Å². The average Bonchev–Trinajstić information content (AvgIpc) is 3.04. The number of hydrogen-bond donors (Lipinski definition) is 3. The SMILES string of the molecule is CC(=O)Nc1ccc(-c2csc(NC(=O)CC3CSCCN3)n2)cc1.Cl. The van der Waals surface area contributed by atoms with Crippen LogP contribution in [0.3, 0.4) is 0 Å². The zero-order valence-corrected chi connectivity index (χ0v) is 16.7. The van der Waals surface area contributed by atoms with Gasteiger partial charge in [-0.3, -0.25) is 9.59 Å². The summed E-state index contributed by atoms with van der Waals surface area (Å²) in [5, 5.41) is 11.5. The molecule has 3 rings (SSSR count). The summed E-state index contributed by atoms with van der Waals surface area (Å²) in [6.45, 7) is 2.43. The average molecular weight is 413 g/mol. The van der Waals surface area contributed by atoms with Gasteiger partial charge in [0.2, 0.25) is 11.8 Å². The molecule has 1 fully saturated rings. The van der Waals surface area contributed by atoms with E-state index in [0.717, 1.165) is 35.0 Å². The minimum Gasteiger partial charge on any atom is -0.326 e. The molecule has 0 aliphatic carbocycles. The summed E-state index contributed by atoms with van der Waals surface area (Å²) < 4.78 is 0. The van der Waals surface area contributed by atoms with Gasteiger partial charge in [0.15, 0.2) is 5.13 Å². The van der Waals surface area contributed by atoms with Gasteiger partial charge in [-0.25, -0.2) is 4.98 Å². The number of rotatable bonds is 5. The third kappa shape index (κ3) is 5.98. The van der Waals surface area contributed by atoms with Crippen molar-refractivity contribution in [1.82, 2.24) is 10.3 Å². The number of carbonyl (C=O) groups is 2. The van der Waals surface area contributed by atoms with E-state index < -0.39 is 0 Å². The molecule has 9 heteroatoms. The third-order valence-corrected chi connectivity index (χ3v) is 5.57. The molecular formula is C17H21ClN4O2S2. The summed E-state index contributed by atoms with van der Waals surface area (Å²) in [7, 11) is 0. The van der Waals surface area contributed by atoms with E-state index in [9.17, 15) is 9.59 Å². The molecule has 2 heterocycles.